The molecule has 3 N–H and O–H groups in total. The first-order chi connectivity index (χ1) is 14.1. The first-order valence-corrected chi connectivity index (χ1v) is 9.76. The van der Waals surface area contributed by atoms with E-state index >= 15 is 0 Å². The molecule has 0 aromatic heterocycles. The number of piperidine rings is 1. The molecule has 0 spiro atoms. The number of hydrogen-bond acceptors (Lipinski definition) is 4. The number of likely N-dealkylation sites (tertiary alicyclic amines) is 1. The minimum Gasteiger partial charge on any atom is -0.341 e. The van der Waals surface area contributed by atoms with E-state index in [0.717, 1.165) is 11.3 Å². The maximum absolute atomic E-state index is 12.8. The Balaban J connectivity index is 1.65. The fourth-order valence-corrected chi connectivity index (χ4v) is 3.59. The zero-order valence-corrected chi connectivity index (χ0v) is 16.4. The van der Waals surface area contributed by atoms with Crippen molar-refractivity contribution in [2.45, 2.75) is 18.9 Å². The average molecular weight is 394 g/mol. The van der Waals surface area contributed by atoms with Crippen molar-refractivity contribution >= 4 is 23.5 Å². The first-order valence-electron chi connectivity index (χ1n) is 9.76. The van der Waals surface area contributed by atoms with Crippen molar-refractivity contribution in [3.05, 3.63) is 66.2 Å². The van der Waals surface area contributed by atoms with Crippen LogP contribution in [0.5, 0.6) is 0 Å². The highest BCUT2D eigenvalue weighted by Crippen LogP contribution is 2.28. The van der Waals surface area contributed by atoms with Crippen molar-refractivity contribution < 1.29 is 14.4 Å². The second-order valence-corrected chi connectivity index (χ2v) is 7.05. The normalized spacial score (nSPS) is 15.9. The van der Waals surface area contributed by atoms with E-state index in [0.29, 0.717) is 25.9 Å². The lowest BCUT2D eigenvalue weighted by molar-refractivity contribution is -0.127. The summed E-state index contributed by atoms with van der Waals surface area (Å²) in [6.07, 6.45) is 1.30. The molecule has 2 aromatic rings. The summed E-state index contributed by atoms with van der Waals surface area (Å²) >= 11 is 0. The van der Waals surface area contributed by atoms with Crippen LogP contribution in [-0.4, -0.2) is 42.9 Å². The third kappa shape index (κ3) is 5.42. The van der Waals surface area contributed by atoms with Gasteiger partial charge in [-0.15, -0.1) is 0 Å². The average Bonchev–Trinajstić information content (AvgIpc) is 2.75. The van der Waals surface area contributed by atoms with Gasteiger partial charge >= 0.3 is 6.03 Å². The molecule has 1 heterocycles. The van der Waals surface area contributed by atoms with E-state index in [1.807, 2.05) is 65.6 Å². The quantitative estimate of drug-likeness (QED) is 0.727. The van der Waals surface area contributed by atoms with Gasteiger partial charge in [0.25, 0.3) is 0 Å². The lowest BCUT2D eigenvalue weighted by Crippen LogP contribution is -2.48. The molecule has 1 saturated heterocycles. The molecule has 0 unspecified atom stereocenters. The number of hydrogen-bond donors (Lipinski definition) is 3. The molecule has 0 aliphatic carbocycles. The van der Waals surface area contributed by atoms with Crippen molar-refractivity contribution in [2.24, 2.45) is 5.92 Å². The Bertz CT molecular complexity index is 834. The van der Waals surface area contributed by atoms with Gasteiger partial charge in [0.2, 0.25) is 11.8 Å². The number of para-hydroxylation sites is 1. The predicted octanol–water partition coefficient (Wildman–Crippen LogP) is 2.53. The van der Waals surface area contributed by atoms with Crippen LogP contribution in [0, 0.1) is 5.92 Å². The molecule has 7 heteroatoms. The summed E-state index contributed by atoms with van der Waals surface area (Å²) in [5.41, 5.74) is 1.60. The van der Waals surface area contributed by atoms with Crippen LogP contribution >= 0.6 is 0 Å². The number of nitrogens with one attached hydrogen (secondary N) is 3. The molecular weight excluding hydrogens is 368 g/mol. The van der Waals surface area contributed by atoms with E-state index in [4.69, 9.17) is 0 Å². The van der Waals surface area contributed by atoms with Crippen molar-refractivity contribution in [3.63, 3.8) is 0 Å². The molecule has 4 amide bonds. The SMILES string of the molecule is CNC(=O)NC(=O)[C@@H](c1ccccc1)N1CCC(C(=O)Nc2ccccc2)CC1. The predicted molar refractivity (Wildman–Crippen MR) is 111 cm³/mol. The Morgan fingerprint density at radius 3 is 2.10 bits per heavy atom. The standard InChI is InChI=1S/C22H26N4O3/c1-23-22(29)25-21(28)19(16-8-4-2-5-9-16)26-14-12-17(13-15-26)20(27)24-18-10-6-3-7-11-18/h2-11,17,19H,12-15H2,1H3,(H,24,27)(H2,23,25,28,29)/t19-/m1/s1. The summed E-state index contributed by atoms with van der Waals surface area (Å²) in [6, 6.07) is 17.7. The Hall–Kier alpha value is -3.19. The molecule has 29 heavy (non-hydrogen) atoms. The number of imide groups is 1. The van der Waals surface area contributed by atoms with Crippen LogP contribution in [0.3, 0.4) is 0 Å². The van der Waals surface area contributed by atoms with Crippen LogP contribution in [0.25, 0.3) is 0 Å². The van der Waals surface area contributed by atoms with Crippen LogP contribution < -0.4 is 16.0 Å². The van der Waals surface area contributed by atoms with Gasteiger partial charge in [-0.1, -0.05) is 48.5 Å². The molecule has 2 aromatic carbocycles. The van der Waals surface area contributed by atoms with Gasteiger partial charge in [0.1, 0.15) is 6.04 Å². The zero-order valence-electron chi connectivity index (χ0n) is 16.4. The van der Waals surface area contributed by atoms with Crippen molar-refractivity contribution in [1.29, 1.82) is 0 Å². The number of carbonyl (C=O) groups is 3. The van der Waals surface area contributed by atoms with E-state index < -0.39 is 12.1 Å². The Kier molecular flexibility index (Phi) is 6.97. The number of rotatable bonds is 5. The minimum atomic E-state index is -0.577. The largest absolute Gasteiger partial charge is 0.341 e. The Morgan fingerprint density at radius 2 is 1.52 bits per heavy atom. The summed E-state index contributed by atoms with van der Waals surface area (Å²) < 4.78 is 0. The number of urea groups is 1. The van der Waals surface area contributed by atoms with Gasteiger partial charge in [0.05, 0.1) is 0 Å². The number of nitrogens with zero attached hydrogens (tertiary/aromatic N) is 1. The van der Waals surface area contributed by atoms with E-state index in [9.17, 15) is 14.4 Å². The fraction of sp³-hybridized carbons (Fsp3) is 0.318. The lowest BCUT2D eigenvalue weighted by Gasteiger charge is -2.36. The zero-order chi connectivity index (χ0) is 20.6. The number of carbonyl (C=O) groups excluding carboxylic acids is 3. The van der Waals surface area contributed by atoms with E-state index in [2.05, 4.69) is 16.0 Å². The van der Waals surface area contributed by atoms with Crippen LogP contribution in [0.15, 0.2) is 60.7 Å². The van der Waals surface area contributed by atoms with Gasteiger partial charge in [-0.05, 0) is 43.6 Å². The molecule has 1 fully saturated rings. The van der Waals surface area contributed by atoms with Gasteiger partial charge < -0.3 is 10.6 Å². The summed E-state index contributed by atoms with van der Waals surface area (Å²) in [7, 11) is 1.47. The molecule has 1 aliphatic rings. The van der Waals surface area contributed by atoms with Crippen LogP contribution in [0.1, 0.15) is 24.4 Å². The molecule has 0 saturated carbocycles. The summed E-state index contributed by atoms with van der Waals surface area (Å²) in [6.45, 7) is 1.18. The van der Waals surface area contributed by atoms with Crippen molar-refractivity contribution in [1.82, 2.24) is 15.5 Å². The smallest absolute Gasteiger partial charge is 0.321 e. The van der Waals surface area contributed by atoms with E-state index in [-0.39, 0.29) is 17.7 Å². The third-order valence-corrected chi connectivity index (χ3v) is 5.13. The Labute approximate surface area is 170 Å². The highest BCUT2D eigenvalue weighted by Gasteiger charge is 2.33. The van der Waals surface area contributed by atoms with Gasteiger partial charge in [0, 0.05) is 18.7 Å². The van der Waals surface area contributed by atoms with Gasteiger partial charge in [-0.3, -0.25) is 19.8 Å². The molecule has 3 rings (SSSR count). The molecular formula is C22H26N4O3. The second kappa shape index (κ2) is 9.84. The number of benzene rings is 2. The summed E-state index contributed by atoms with van der Waals surface area (Å²) in [5.74, 6) is -0.477. The molecule has 1 atom stereocenters. The minimum absolute atomic E-state index is 0.00178. The summed E-state index contributed by atoms with van der Waals surface area (Å²) in [5, 5.41) is 7.74. The van der Waals surface area contributed by atoms with E-state index in [1.165, 1.54) is 7.05 Å². The molecule has 152 valence electrons. The van der Waals surface area contributed by atoms with Crippen LogP contribution in [0.4, 0.5) is 10.5 Å². The lowest BCUT2D eigenvalue weighted by atomic mass is 9.93. The molecule has 1 aliphatic heterocycles. The number of amides is 4. The van der Waals surface area contributed by atoms with Crippen molar-refractivity contribution in [3.8, 4) is 0 Å². The maximum atomic E-state index is 12.8. The topological polar surface area (TPSA) is 90.5 Å². The monoisotopic (exact) mass is 394 g/mol. The molecule has 0 bridgehead atoms. The van der Waals surface area contributed by atoms with E-state index in [1.54, 1.807) is 0 Å². The highest BCUT2D eigenvalue weighted by molar-refractivity contribution is 5.97. The maximum Gasteiger partial charge on any atom is 0.321 e. The highest BCUT2D eigenvalue weighted by atomic mass is 16.2. The van der Waals surface area contributed by atoms with Crippen LogP contribution in [0.2, 0.25) is 0 Å². The van der Waals surface area contributed by atoms with Crippen molar-refractivity contribution in [2.75, 3.05) is 25.5 Å². The Morgan fingerprint density at radius 1 is 0.931 bits per heavy atom. The third-order valence-electron chi connectivity index (χ3n) is 5.13. The van der Waals surface area contributed by atoms with Crippen LogP contribution in [-0.2, 0) is 9.59 Å². The molecule has 7 nitrogen and oxygen atoms in total. The van der Waals surface area contributed by atoms with Gasteiger partial charge in [-0.2, -0.15) is 0 Å². The number of anilines is 1. The molecule has 0 radical (unpaired) electrons. The summed E-state index contributed by atoms with van der Waals surface area (Å²) in [4.78, 5) is 39.0. The second-order valence-electron chi connectivity index (χ2n) is 7.05. The van der Waals surface area contributed by atoms with Gasteiger partial charge in [-0.25, -0.2) is 4.79 Å². The van der Waals surface area contributed by atoms with Gasteiger partial charge in [0.15, 0.2) is 0 Å². The fourth-order valence-electron chi connectivity index (χ4n) is 3.59. The first kappa shape index (κ1) is 20.5.